The number of ketones is 1. The summed E-state index contributed by atoms with van der Waals surface area (Å²) in [4.78, 5) is 37.2. The predicted molar refractivity (Wildman–Crippen MR) is 111 cm³/mol. The molecule has 0 saturated heterocycles. The van der Waals surface area contributed by atoms with Crippen LogP contribution in [0.15, 0.2) is 30.3 Å². The molecule has 0 bridgehead atoms. The van der Waals surface area contributed by atoms with Gasteiger partial charge in [-0.05, 0) is 23.8 Å². The zero-order valence-electron chi connectivity index (χ0n) is 18.0. The molecule has 2 atom stereocenters. The van der Waals surface area contributed by atoms with E-state index in [2.05, 4.69) is 10.6 Å². The van der Waals surface area contributed by atoms with E-state index in [0.717, 1.165) is 32.1 Å². The maximum Gasteiger partial charge on any atom is 0.452 e. The molecule has 2 amide bonds. The Bertz CT molecular complexity index is 744. The molecule has 172 valence electrons. The first-order valence-corrected chi connectivity index (χ1v) is 10.8. The average Bonchev–Trinajstić information content (AvgIpc) is 2.74. The minimum absolute atomic E-state index is 0.246. The number of carbonyl (C=O) groups excluding carboxylic acids is 3. The van der Waals surface area contributed by atoms with E-state index in [9.17, 15) is 27.6 Å². The van der Waals surface area contributed by atoms with Crippen LogP contribution in [0.1, 0.15) is 70.4 Å². The van der Waals surface area contributed by atoms with Gasteiger partial charge in [0.15, 0.2) is 0 Å². The van der Waals surface area contributed by atoms with Crippen molar-refractivity contribution < 1.29 is 27.6 Å². The predicted octanol–water partition coefficient (Wildman–Crippen LogP) is 4.48. The fourth-order valence-electron chi connectivity index (χ4n) is 3.94. The van der Waals surface area contributed by atoms with Gasteiger partial charge in [-0.3, -0.25) is 14.4 Å². The summed E-state index contributed by atoms with van der Waals surface area (Å²) in [5, 5.41) is 4.86. The maximum absolute atomic E-state index is 13.0. The number of alkyl halides is 3. The second-order valence-electron chi connectivity index (χ2n) is 8.55. The van der Waals surface area contributed by atoms with Gasteiger partial charge in [0, 0.05) is 6.42 Å². The molecule has 31 heavy (non-hydrogen) atoms. The van der Waals surface area contributed by atoms with Crippen molar-refractivity contribution in [1.82, 2.24) is 10.6 Å². The maximum atomic E-state index is 13.0. The van der Waals surface area contributed by atoms with E-state index < -0.39 is 35.9 Å². The van der Waals surface area contributed by atoms with Crippen LogP contribution < -0.4 is 10.6 Å². The van der Waals surface area contributed by atoms with Gasteiger partial charge in [-0.2, -0.15) is 13.2 Å². The van der Waals surface area contributed by atoms with Crippen LogP contribution in [0.25, 0.3) is 0 Å². The number of nitrogens with one attached hydrogen (secondary N) is 2. The van der Waals surface area contributed by atoms with Crippen molar-refractivity contribution in [1.29, 1.82) is 0 Å². The second kappa shape index (κ2) is 11.3. The number of halogens is 3. The molecular formula is C23H31F3N2O3. The number of hydrogen-bond donors (Lipinski definition) is 2. The number of hydrogen-bond acceptors (Lipinski definition) is 3. The highest BCUT2D eigenvalue weighted by Crippen LogP contribution is 2.27. The highest BCUT2D eigenvalue weighted by molar-refractivity contribution is 5.95. The highest BCUT2D eigenvalue weighted by atomic mass is 19.4. The molecule has 1 fully saturated rings. The number of Topliss-reactive ketones (excluding diaryl/α,β-unsaturated/α-hetero) is 1. The summed E-state index contributed by atoms with van der Waals surface area (Å²) >= 11 is 0. The van der Waals surface area contributed by atoms with Crippen LogP contribution in [0.4, 0.5) is 13.2 Å². The molecule has 0 aliphatic heterocycles. The lowest BCUT2D eigenvalue weighted by atomic mass is 9.86. The molecule has 2 rings (SSSR count). The summed E-state index contributed by atoms with van der Waals surface area (Å²) in [5.41, 5.74) is 0.438. The van der Waals surface area contributed by atoms with E-state index in [4.69, 9.17) is 0 Å². The largest absolute Gasteiger partial charge is 0.452 e. The first-order chi connectivity index (χ1) is 14.6. The summed E-state index contributed by atoms with van der Waals surface area (Å²) in [6.45, 7) is 2.85. The van der Waals surface area contributed by atoms with Gasteiger partial charge in [0.2, 0.25) is 11.8 Å². The monoisotopic (exact) mass is 440 g/mol. The van der Waals surface area contributed by atoms with Crippen molar-refractivity contribution in [2.75, 3.05) is 0 Å². The molecule has 0 heterocycles. The molecule has 1 saturated carbocycles. The fraction of sp³-hybridized carbons (Fsp3) is 0.609. The molecule has 0 aromatic heterocycles. The van der Waals surface area contributed by atoms with Crippen molar-refractivity contribution in [3.05, 3.63) is 35.9 Å². The smallest absolute Gasteiger partial charge is 0.344 e. The second-order valence-corrected chi connectivity index (χ2v) is 8.55. The van der Waals surface area contributed by atoms with Crippen LogP contribution in [-0.2, 0) is 14.4 Å². The van der Waals surface area contributed by atoms with Crippen molar-refractivity contribution in [2.24, 2.45) is 11.8 Å². The first-order valence-electron chi connectivity index (χ1n) is 10.8. The molecule has 2 N–H and O–H groups in total. The Hall–Kier alpha value is -2.38. The molecule has 1 aromatic carbocycles. The van der Waals surface area contributed by atoms with E-state index in [1.807, 2.05) is 0 Å². The Morgan fingerprint density at radius 2 is 1.61 bits per heavy atom. The number of amides is 2. The number of rotatable bonds is 9. The minimum Gasteiger partial charge on any atom is -0.344 e. The third kappa shape index (κ3) is 7.67. The van der Waals surface area contributed by atoms with Crippen molar-refractivity contribution >= 4 is 17.6 Å². The van der Waals surface area contributed by atoms with Gasteiger partial charge in [0.1, 0.15) is 6.04 Å². The molecular weight excluding hydrogens is 409 g/mol. The Labute approximate surface area is 181 Å². The van der Waals surface area contributed by atoms with Crippen LogP contribution in [0.2, 0.25) is 0 Å². The van der Waals surface area contributed by atoms with Crippen LogP contribution in [0.3, 0.4) is 0 Å². The van der Waals surface area contributed by atoms with E-state index in [1.165, 1.54) is 20.3 Å². The first kappa shape index (κ1) is 24.9. The summed E-state index contributed by atoms with van der Waals surface area (Å²) in [6.07, 6.45) is 1.61. The van der Waals surface area contributed by atoms with E-state index in [0.29, 0.717) is 11.5 Å². The van der Waals surface area contributed by atoms with Gasteiger partial charge in [0.05, 0.1) is 6.04 Å². The SMILES string of the molecule is CC(C)[C@H](NC(=O)C(NC(=O)CCC1CCCCC1)c1ccccc1)C(=O)C(F)(F)F. The van der Waals surface area contributed by atoms with Crippen molar-refractivity contribution in [3.8, 4) is 0 Å². The Balaban J connectivity index is 2.10. The number of benzene rings is 1. The fourth-order valence-corrected chi connectivity index (χ4v) is 3.94. The molecule has 1 aliphatic rings. The van der Waals surface area contributed by atoms with E-state index >= 15 is 0 Å². The molecule has 1 aromatic rings. The van der Waals surface area contributed by atoms with Crippen LogP contribution in [-0.4, -0.2) is 29.8 Å². The Kier molecular flexibility index (Phi) is 9.07. The number of carbonyl (C=O) groups is 3. The van der Waals surface area contributed by atoms with Gasteiger partial charge in [0.25, 0.3) is 5.78 Å². The highest BCUT2D eigenvalue weighted by Gasteiger charge is 2.45. The van der Waals surface area contributed by atoms with E-state index in [-0.39, 0.29) is 12.3 Å². The van der Waals surface area contributed by atoms with Crippen molar-refractivity contribution in [3.63, 3.8) is 0 Å². The molecule has 5 nitrogen and oxygen atoms in total. The summed E-state index contributed by atoms with van der Waals surface area (Å²) in [5.74, 6) is -3.47. The van der Waals surface area contributed by atoms with Gasteiger partial charge < -0.3 is 10.6 Å². The van der Waals surface area contributed by atoms with Gasteiger partial charge >= 0.3 is 6.18 Å². The van der Waals surface area contributed by atoms with Gasteiger partial charge in [-0.15, -0.1) is 0 Å². The normalized spacial score (nSPS) is 17.1. The van der Waals surface area contributed by atoms with Gasteiger partial charge in [-0.1, -0.05) is 76.3 Å². The molecule has 8 heteroatoms. The van der Waals surface area contributed by atoms with Crippen molar-refractivity contribution in [2.45, 2.75) is 77.1 Å². The third-order valence-corrected chi connectivity index (χ3v) is 5.73. The van der Waals surface area contributed by atoms with Crippen LogP contribution in [0.5, 0.6) is 0 Å². The summed E-state index contributed by atoms with van der Waals surface area (Å²) in [6, 6.07) is 5.39. The lowest BCUT2D eigenvalue weighted by molar-refractivity contribution is -0.175. The zero-order valence-corrected chi connectivity index (χ0v) is 18.0. The third-order valence-electron chi connectivity index (χ3n) is 5.73. The molecule has 1 unspecified atom stereocenters. The summed E-state index contributed by atoms with van der Waals surface area (Å²) < 4.78 is 38.9. The van der Waals surface area contributed by atoms with Gasteiger partial charge in [-0.25, -0.2) is 0 Å². The Morgan fingerprint density at radius 3 is 2.16 bits per heavy atom. The summed E-state index contributed by atoms with van der Waals surface area (Å²) in [7, 11) is 0. The average molecular weight is 441 g/mol. The standard InChI is InChI=1S/C23H31F3N2O3/c1-15(2)19(21(30)23(24,25)26)28-22(31)20(17-11-7-4-8-12-17)27-18(29)14-13-16-9-5-3-6-10-16/h4,7-8,11-12,15-16,19-20H,3,5-6,9-10,13-14H2,1-2H3,(H,27,29)(H,28,31)/t19-,20?/m0/s1. The molecule has 0 spiro atoms. The lowest BCUT2D eigenvalue weighted by Crippen LogP contribution is -2.52. The lowest BCUT2D eigenvalue weighted by Gasteiger charge is -2.26. The Morgan fingerprint density at radius 1 is 1.00 bits per heavy atom. The van der Waals surface area contributed by atoms with Crippen LogP contribution in [0, 0.1) is 11.8 Å². The topological polar surface area (TPSA) is 75.3 Å². The molecule has 1 aliphatic carbocycles. The van der Waals surface area contributed by atoms with E-state index in [1.54, 1.807) is 30.3 Å². The molecule has 0 radical (unpaired) electrons. The zero-order chi connectivity index (χ0) is 23.0. The quantitative estimate of drug-likeness (QED) is 0.595. The minimum atomic E-state index is -5.06. The van der Waals surface area contributed by atoms with Crippen LogP contribution >= 0.6 is 0 Å².